The zero-order valence-electron chi connectivity index (χ0n) is 9.14. The number of nitrogens with zero attached hydrogens (tertiary/aromatic N) is 3. The normalized spacial score (nSPS) is 12.8. The summed E-state index contributed by atoms with van der Waals surface area (Å²) in [6.45, 7) is 5.65. The summed E-state index contributed by atoms with van der Waals surface area (Å²) in [6.07, 6.45) is 1.93. The molecule has 0 aliphatic rings. The topological polar surface area (TPSA) is 76.0 Å². The molecule has 0 saturated heterocycles. The van der Waals surface area contributed by atoms with Crippen LogP contribution in [0.3, 0.4) is 0 Å². The van der Waals surface area contributed by atoms with E-state index in [0.717, 1.165) is 5.69 Å². The van der Waals surface area contributed by atoms with Gasteiger partial charge in [0.1, 0.15) is 0 Å². The van der Waals surface area contributed by atoms with E-state index < -0.39 is 11.9 Å². The van der Waals surface area contributed by atoms with Gasteiger partial charge in [0.2, 0.25) is 0 Å². The molecule has 0 bridgehead atoms. The van der Waals surface area contributed by atoms with Gasteiger partial charge in [0.25, 0.3) is 0 Å². The lowest BCUT2D eigenvalue weighted by Gasteiger charge is -2.07. The van der Waals surface area contributed by atoms with Gasteiger partial charge in [-0.25, -0.2) is 4.98 Å². The molecule has 5 nitrogen and oxygen atoms in total. The van der Waals surface area contributed by atoms with Crippen molar-refractivity contribution < 1.29 is 9.90 Å². The number of carbonyl (C=O) groups is 1. The van der Waals surface area contributed by atoms with Gasteiger partial charge in [-0.1, -0.05) is 20.8 Å². The SMILES string of the molecule is CC(Cc1nncc(C(C)C)n1)C(=O)O. The summed E-state index contributed by atoms with van der Waals surface area (Å²) in [5, 5.41) is 16.4. The molecule has 1 unspecified atom stereocenters. The minimum Gasteiger partial charge on any atom is -0.481 e. The molecule has 1 aromatic rings. The van der Waals surface area contributed by atoms with E-state index >= 15 is 0 Å². The molecule has 5 heteroatoms. The highest BCUT2D eigenvalue weighted by atomic mass is 16.4. The van der Waals surface area contributed by atoms with E-state index in [4.69, 9.17) is 5.11 Å². The molecule has 0 spiro atoms. The maximum Gasteiger partial charge on any atom is 0.306 e. The molecule has 82 valence electrons. The Morgan fingerprint density at radius 1 is 1.47 bits per heavy atom. The van der Waals surface area contributed by atoms with Crippen molar-refractivity contribution >= 4 is 5.97 Å². The van der Waals surface area contributed by atoms with Gasteiger partial charge in [-0.2, -0.15) is 5.10 Å². The maximum absolute atomic E-state index is 10.6. The van der Waals surface area contributed by atoms with Gasteiger partial charge in [-0.05, 0) is 5.92 Å². The number of hydrogen-bond donors (Lipinski definition) is 1. The fourth-order valence-corrected chi connectivity index (χ4v) is 1.08. The fraction of sp³-hybridized carbons (Fsp3) is 0.600. The van der Waals surface area contributed by atoms with Gasteiger partial charge in [0.15, 0.2) is 5.82 Å². The van der Waals surface area contributed by atoms with Crippen LogP contribution in [0.4, 0.5) is 0 Å². The van der Waals surface area contributed by atoms with Crippen LogP contribution in [0.2, 0.25) is 0 Å². The highest BCUT2D eigenvalue weighted by Crippen LogP contribution is 2.10. The average Bonchev–Trinajstić information content (AvgIpc) is 2.18. The van der Waals surface area contributed by atoms with Crippen LogP contribution >= 0.6 is 0 Å². The van der Waals surface area contributed by atoms with E-state index in [0.29, 0.717) is 12.2 Å². The second-order valence-electron chi connectivity index (χ2n) is 3.90. The molecule has 0 fully saturated rings. The Hall–Kier alpha value is -1.52. The Morgan fingerprint density at radius 2 is 2.13 bits per heavy atom. The highest BCUT2D eigenvalue weighted by Gasteiger charge is 2.14. The van der Waals surface area contributed by atoms with E-state index in [2.05, 4.69) is 15.2 Å². The lowest BCUT2D eigenvalue weighted by molar-refractivity contribution is -0.141. The molecule has 1 atom stereocenters. The van der Waals surface area contributed by atoms with Crippen LogP contribution in [0.1, 0.15) is 38.2 Å². The number of aromatic nitrogens is 3. The Labute approximate surface area is 88.6 Å². The zero-order valence-corrected chi connectivity index (χ0v) is 9.14. The van der Waals surface area contributed by atoms with Gasteiger partial charge in [-0.15, -0.1) is 5.10 Å². The molecule has 1 aromatic heterocycles. The molecule has 1 rings (SSSR count). The summed E-state index contributed by atoms with van der Waals surface area (Å²) in [6, 6.07) is 0. The zero-order chi connectivity index (χ0) is 11.4. The van der Waals surface area contributed by atoms with Gasteiger partial charge >= 0.3 is 5.97 Å². The number of carboxylic acid groups (broad SMARTS) is 1. The first-order valence-electron chi connectivity index (χ1n) is 4.92. The summed E-state index contributed by atoms with van der Waals surface area (Å²) < 4.78 is 0. The van der Waals surface area contributed by atoms with Crippen LogP contribution in [0.25, 0.3) is 0 Å². The largest absolute Gasteiger partial charge is 0.481 e. The molecule has 0 aromatic carbocycles. The first-order valence-corrected chi connectivity index (χ1v) is 4.92. The minimum atomic E-state index is -0.839. The third-order valence-corrected chi connectivity index (χ3v) is 2.12. The Balaban J connectivity index is 2.78. The van der Waals surface area contributed by atoms with Crippen LogP contribution in [0.5, 0.6) is 0 Å². The molecule has 0 amide bonds. The molecule has 0 aliphatic carbocycles. The van der Waals surface area contributed by atoms with Crippen molar-refractivity contribution in [3.63, 3.8) is 0 Å². The Morgan fingerprint density at radius 3 is 2.67 bits per heavy atom. The summed E-state index contributed by atoms with van der Waals surface area (Å²) in [4.78, 5) is 14.9. The molecule has 0 radical (unpaired) electrons. The first-order chi connectivity index (χ1) is 7.00. The monoisotopic (exact) mass is 209 g/mol. The quantitative estimate of drug-likeness (QED) is 0.807. The summed E-state index contributed by atoms with van der Waals surface area (Å²) in [5.41, 5.74) is 0.845. The van der Waals surface area contributed by atoms with Crippen molar-refractivity contribution in [3.05, 3.63) is 17.7 Å². The lowest BCUT2D eigenvalue weighted by Crippen LogP contribution is -2.15. The lowest BCUT2D eigenvalue weighted by atomic mass is 10.1. The molecular formula is C10H15N3O2. The van der Waals surface area contributed by atoms with Crippen LogP contribution < -0.4 is 0 Å². The number of carboxylic acids is 1. The first kappa shape index (κ1) is 11.6. The Bertz CT molecular complexity index is 352. The fourth-order valence-electron chi connectivity index (χ4n) is 1.08. The van der Waals surface area contributed by atoms with Crippen LogP contribution in [-0.4, -0.2) is 26.3 Å². The Kier molecular flexibility index (Phi) is 3.71. The van der Waals surface area contributed by atoms with Gasteiger partial charge in [-0.3, -0.25) is 4.79 Å². The van der Waals surface area contributed by atoms with Crippen molar-refractivity contribution in [2.75, 3.05) is 0 Å². The summed E-state index contributed by atoms with van der Waals surface area (Å²) in [7, 11) is 0. The molecule has 0 aliphatic heterocycles. The van der Waals surface area contributed by atoms with Crippen molar-refractivity contribution in [1.29, 1.82) is 0 Å². The predicted molar refractivity (Wildman–Crippen MR) is 54.4 cm³/mol. The molecular weight excluding hydrogens is 194 g/mol. The van der Waals surface area contributed by atoms with Crippen LogP contribution in [0, 0.1) is 5.92 Å². The number of aliphatic carboxylic acids is 1. The van der Waals surface area contributed by atoms with E-state index in [1.807, 2.05) is 13.8 Å². The van der Waals surface area contributed by atoms with E-state index in [9.17, 15) is 4.79 Å². The standard InChI is InChI=1S/C10H15N3O2/c1-6(2)8-5-11-13-9(12-8)4-7(3)10(14)15/h5-7H,4H2,1-3H3,(H,14,15). The van der Waals surface area contributed by atoms with Crippen LogP contribution in [0.15, 0.2) is 6.20 Å². The van der Waals surface area contributed by atoms with Crippen molar-refractivity contribution in [1.82, 2.24) is 15.2 Å². The van der Waals surface area contributed by atoms with Gasteiger partial charge < -0.3 is 5.11 Å². The molecule has 1 heterocycles. The highest BCUT2D eigenvalue weighted by molar-refractivity contribution is 5.69. The maximum atomic E-state index is 10.6. The second kappa shape index (κ2) is 4.82. The van der Waals surface area contributed by atoms with Crippen molar-refractivity contribution in [3.8, 4) is 0 Å². The smallest absolute Gasteiger partial charge is 0.306 e. The van der Waals surface area contributed by atoms with E-state index in [1.54, 1.807) is 13.1 Å². The third-order valence-electron chi connectivity index (χ3n) is 2.12. The number of hydrogen-bond acceptors (Lipinski definition) is 4. The number of rotatable bonds is 4. The molecule has 15 heavy (non-hydrogen) atoms. The van der Waals surface area contributed by atoms with E-state index in [1.165, 1.54) is 0 Å². The average molecular weight is 209 g/mol. The third kappa shape index (κ3) is 3.27. The second-order valence-corrected chi connectivity index (χ2v) is 3.90. The van der Waals surface area contributed by atoms with E-state index in [-0.39, 0.29) is 5.92 Å². The van der Waals surface area contributed by atoms with Crippen LogP contribution in [-0.2, 0) is 11.2 Å². The molecule has 1 N–H and O–H groups in total. The van der Waals surface area contributed by atoms with Gasteiger partial charge in [0, 0.05) is 6.42 Å². The van der Waals surface area contributed by atoms with Gasteiger partial charge in [0.05, 0.1) is 17.8 Å². The predicted octanol–water partition coefficient (Wildman–Crippen LogP) is 1.26. The summed E-state index contributed by atoms with van der Waals surface area (Å²) >= 11 is 0. The molecule has 0 saturated carbocycles. The minimum absolute atomic E-state index is 0.277. The summed E-state index contributed by atoms with van der Waals surface area (Å²) in [5.74, 6) is -0.543. The van der Waals surface area contributed by atoms with Crippen molar-refractivity contribution in [2.45, 2.75) is 33.1 Å². The van der Waals surface area contributed by atoms with Crippen molar-refractivity contribution in [2.24, 2.45) is 5.92 Å².